The van der Waals surface area contributed by atoms with Crippen molar-refractivity contribution in [3.8, 4) is 17.2 Å². The molecular weight excluding hydrogens is 685 g/mol. The molecule has 4 aromatic carbocycles. The lowest BCUT2D eigenvalue weighted by Gasteiger charge is -2.12. The smallest absolute Gasteiger partial charge is 0.296 e. The second-order valence-corrected chi connectivity index (χ2v) is 13.8. The summed E-state index contributed by atoms with van der Waals surface area (Å²) in [5.74, 6) is -1.53. The predicted molar refractivity (Wildman–Crippen MR) is 165 cm³/mol. The van der Waals surface area contributed by atoms with Crippen molar-refractivity contribution in [1.29, 1.82) is 0 Å². The highest BCUT2D eigenvalue weighted by molar-refractivity contribution is 7.90. The number of nitrogens with one attached hydrogen (secondary N) is 1. The van der Waals surface area contributed by atoms with Gasteiger partial charge in [-0.1, -0.05) is 0 Å². The van der Waals surface area contributed by atoms with E-state index in [0.29, 0.717) is 0 Å². The minimum atomic E-state index is -5.09. The van der Waals surface area contributed by atoms with Crippen molar-refractivity contribution in [3.63, 3.8) is 0 Å². The normalized spacial score (nSPS) is 12.5. The van der Waals surface area contributed by atoms with Crippen LogP contribution in [0, 0.1) is 0 Å². The Hall–Kier alpha value is -5.22. The van der Waals surface area contributed by atoms with Crippen LogP contribution in [-0.2, 0) is 35.1 Å². The molecule has 0 aliphatic heterocycles. The molecule has 0 saturated heterocycles. The molecule has 0 aliphatic carbocycles. The number of hydrogen-bond donors (Lipinski definition) is 5. The van der Waals surface area contributed by atoms with E-state index >= 15 is 0 Å². The van der Waals surface area contributed by atoms with Crippen LogP contribution in [0.4, 0.5) is 28.4 Å². The zero-order valence-corrected chi connectivity index (χ0v) is 26.8. The van der Waals surface area contributed by atoms with Crippen LogP contribution in [0.1, 0.15) is 6.92 Å². The Bertz CT molecular complexity index is 2310. The lowest BCUT2D eigenvalue weighted by molar-refractivity contribution is -0.117. The number of aromatic hydroxyl groups is 1. The highest BCUT2D eigenvalue weighted by Crippen LogP contribution is 2.45. The number of amides is 1. The monoisotopic (exact) mass is 708 g/mol. The van der Waals surface area contributed by atoms with Crippen molar-refractivity contribution >= 4 is 75.4 Å². The first kappa shape index (κ1) is 34.6. The number of anilines is 1. The Balaban J connectivity index is 1.76. The topological polar surface area (TPSA) is 286 Å². The Labute approximate surface area is 267 Å². The van der Waals surface area contributed by atoms with E-state index in [-0.39, 0.29) is 44.2 Å². The van der Waals surface area contributed by atoms with Gasteiger partial charge in [-0.3, -0.25) is 13.9 Å². The number of nitrogen functional groups attached to an aromatic ring is 1. The molecule has 0 fully saturated rings. The van der Waals surface area contributed by atoms with E-state index in [4.69, 9.17) is 15.2 Å². The van der Waals surface area contributed by atoms with Gasteiger partial charge in [-0.15, -0.1) is 15.3 Å². The van der Waals surface area contributed by atoms with E-state index in [2.05, 4.69) is 20.5 Å². The van der Waals surface area contributed by atoms with Crippen LogP contribution in [0.15, 0.2) is 89.7 Å². The lowest BCUT2D eigenvalue weighted by Crippen LogP contribution is -2.28. The van der Waals surface area contributed by atoms with Gasteiger partial charge < -0.3 is 20.3 Å². The molecule has 0 saturated carbocycles. The molecule has 0 aliphatic rings. The van der Waals surface area contributed by atoms with Crippen LogP contribution in [0.3, 0.4) is 0 Å². The van der Waals surface area contributed by atoms with Gasteiger partial charge in [0.2, 0.25) is 5.91 Å². The highest BCUT2D eigenvalue weighted by Gasteiger charge is 2.25. The third-order valence-corrected chi connectivity index (χ3v) is 9.40. The average Bonchev–Trinajstić information content (AvgIpc) is 2.97. The van der Waals surface area contributed by atoms with Crippen molar-refractivity contribution in [1.82, 2.24) is 4.72 Å². The molecule has 21 heteroatoms. The number of phenolic OH excluding ortho intramolecular Hbond substituents is 1. The quantitative estimate of drug-likeness (QED) is 0.0874. The fourth-order valence-electron chi connectivity index (χ4n) is 4.08. The molecule has 6 N–H and O–H groups in total. The van der Waals surface area contributed by atoms with E-state index in [0.717, 1.165) is 25.1 Å². The fraction of sp³-hybridized carbons (Fsp3) is 0.115. The van der Waals surface area contributed by atoms with Gasteiger partial charge in [0, 0.05) is 24.4 Å². The number of rotatable bonds is 10. The number of carbonyl (C=O) groups excluding carboxylic acids is 1. The number of nitrogens with two attached hydrogens (primary N) is 1. The number of sulfonamides is 1. The summed E-state index contributed by atoms with van der Waals surface area (Å²) >= 11 is 0. The second kappa shape index (κ2) is 12.9. The van der Waals surface area contributed by atoms with E-state index in [9.17, 15) is 44.3 Å². The first-order chi connectivity index (χ1) is 21.8. The van der Waals surface area contributed by atoms with Crippen molar-refractivity contribution in [2.45, 2.75) is 21.6 Å². The molecular formula is C26H24N6O12S3. The number of fused-ring (bicyclic) bond motifs is 1. The molecule has 0 atom stereocenters. The largest absolute Gasteiger partial charge is 0.505 e. The number of phenols is 1. The molecule has 0 bridgehead atoms. The Morgan fingerprint density at radius 2 is 1.28 bits per heavy atom. The maximum Gasteiger partial charge on any atom is 0.296 e. The van der Waals surface area contributed by atoms with Gasteiger partial charge in [0.05, 0.1) is 30.5 Å². The maximum absolute atomic E-state index is 12.2. The average molecular weight is 709 g/mol. The number of azo groups is 2. The molecule has 0 spiro atoms. The van der Waals surface area contributed by atoms with Gasteiger partial charge in [-0.05, 0) is 47.9 Å². The minimum absolute atomic E-state index is 0.0102. The van der Waals surface area contributed by atoms with Gasteiger partial charge >= 0.3 is 0 Å². The van der Waals surface area contributed by atoms with E-state index in [1.165, 1.54) is 50.6 Å². The molecule has 0 radical (unpaired) electrons. The number of benzene rings is 4. The van der Waals surface area contributed by atoms with Crippen molar-refractivity contribution in [3.05, 3.63) is 54.6 Å². The molecule has 1 amide bonds. The Morgan fingerprint density at radius 3 is 1.77 bits per heavy atom. The molecule has 47 heavy (non-hydrogen) atoms. The summed E-state index contributed by atoms with van der Waals surface area (Å²) in [7, 11) is -11.4. The van der Waals surface area contributed by atoms with Crippen molar-refractivity contribution < 1.29 is 53.7 Å². The predicted octanol–water partition coefficient (Wildman–Crippen LogP) is 4.29. The summed E-state index contributed by atoms with van der Waals surface area (Å²) in [6, 6.07) is 10.3. The number of hydrogen-bond acceptors (Lipinski definition) is 15. The first-order valence-electron chi connectivity index (χ1n) is 12.6. The third kappa shape index (κ3) is 7.61. The standard InChI is InChI=1S/C26H24N6O12S3/c1-13(33)32-45(35,36)16-6-4-15(5-7-16)28-29-19-11-22(44-3)20(12-21(19)43-2)30-31-25-24(47(40,41)42)9-14-8-23(46(37,38)39)18(27)10-17(14)26(25)34/h4-12,34H,27H2,1-3H3,(H,32,33)(H,37,38,39)(H,40,41,42). The maximum atomic E-state index is 12.2. The molecule has 0 unspecified atom stereocenters. The summed E-state index contributed by atoms with van der Waals surface area (Å²) in [4.78, 5) is 9.25. The van der Waals surface area contributed by atoms with Crippen LogP contribution in [0.5, 0.6) is 17.2 Å². The van der Waals surface area contributed by atoms with Crippen molar-refractivity contribution in [2.75, 3.05) is 20.0 Å². The highest BCUT2D eigenvalue weighted by atomic mass is 32.2. The van der Waals surface area contributed by atoms with Gasteiger partial charge in [-0.25, -0.2) is 13.1 Å². The number of carbonyl (C=O) groups is 1. The summed E-state index contributed by atoms with van der Waals surface area (Å²) in [5, 5.41) is 26.4. The first-order valence-corrected chi connectivity index (χ1v) is 17.0. The third-order valence-electron chi connectivity index (χ3n) is 6.17. The van der Waals surface area contributed by atoms with Crippen LogP contribution in [0.25, 0.3) is 10.8 Å². The zero-order chi connectivity index (χ0) is 34.9. The van der Waals surface area contributed by atoms with Gasteiger partial charge in [-0.2, -0.15) is 21.9 Å². The van der Waals surface area contributed by atoms with E-state index in [1.807, 2.05) is 4.72 Å². The Kier molecular flexibility index (Phi) is 9.50. The zero-order valence-electron chi connectivity index (χ0n) is 24.3. The van der Waals surface area contributed by atoms with Crippen LogP contribution in [-0.4, -0.2) is 59.6 Å². The summed E-state index contributed by atoms with van der Waals surface area (Å²) in [6.07, 6.45) is 0. The molecule has 0 heterocycles. The molecule has 0 aromatic heterocycles. The fourth-order valence-corrected chi connectivity index (χ4v) is 6.37. The van der Waals surface area contributed by atoms with Crippen LogP contribution in [0.2, 0.25) is 0 Å². The molecule has 4 rings (SSSR count). The van der Waals surface area contributed by atoms with Crippen LogP contribution < -0.4 is 19.9 Å². The SMILES string of the molecule is COc1cc(N=Nc2c(S(=O)(=O)O)cc3cc(S(=O)(=O)O)c(N)cc3c2O)c(OC)cc1N=Nc1ccc(S(=O)(=O)NC(C)=O)cc1. The summed E-state index contributed by atoms with van der Waals surface area (Å²) < 4.78 is 104. The Morgan fingerprint density at radius 1 is 0.766 bits per heavy atom. The lowest BCUT2D eigenvalue weighted by atomic mass is 10.1. The number of nitrogens with zero attached hydrogens (tertiary/aromatic N) is 4. The number of methoxy groups -OCH3 is 2. The van der Waals surface area contributed by atoms with Gasteiger partial charge in [0.25, 0.3) is 30.3 Å². The van der Waals surface area contributed by atoms with E-state index in [1.54, 1.807) is 0 Å². The summed E-state index contributed by atoms with van der Waals surface area (Å²) in [6.45, 7) is 1.06. The second-order valence-electron chi connectivity index (χ2n) is 9.38. The molecule has 18 nitrogen and oxygen atoms in total. The molecule has 4 aromatic rings. The molecule has 248 valence electrons. The van der Waals surface area contributed by atoms with Gasteiger partial charge in [0.1, 0.15) is 38.4 Å². The van der Waals surface area contributed by atoms with Crippen LogP contribution >= 0.6 is 0 Å². The van der Waals surface area contributed by atoms with Crippen molar-refractivity contribution in [2.24, 2.45) is 20.5 Å². The number of ether oxygens (including phenoxy) is 2. The van der Waals surface area contributed by atoms with E-state index < -0.39 is 63.1 Å². The minimum Gasteiger partial charge on any atom is -0.505 e. The van der Waals surface area contributed by atoms with Gasteiger partial charge in [0.15, 0.2) is 5.75 Å². The summed E-state index contributed by atoms with van der Waals surface area (Å²) in [5.41, 5.74) is 4.76.